The second kappa shape index (κ2) is 10.9. The van der Waals surface area contributed by atoms with Crippen molar-refractivity contribution in [3.8, 4) is 0 Å². The topological polar surface area (TPSA) is 29.9 Å². The Morgan fingerprint density at radius 3 is 2.45 bits per heavy atom. The Labute approximate surface area is 125 Å². The number of hydrogen-bond donors (Lipinski definition) is 1. The fraction of sp³-hybridized carbons (Fsp3) is 0.824. The fourth-order valence-corrected chi connectivity index (χ4v) is 2.44. The Morgan fingerprint density at radius 2 is 1.75 bits per heavy atom. The molecule has 1 aromatic rings. The van der Waals surface area contributed by atoms with E-state index < -0.39 is 0 Å². The summed E-state index contributed by atoms with van der Waals surface area (Å²) < 4.78 is 2.10. The minimum atomic E-state index is 0.415. The van der Waals surface area contributed by atoms with Gasteiger partial charge in [0, 0.05) is 24.3 Å². The van der Waals surface area contributed by atoms with Crippen molar-refractivity contribution in [3.63, 3.8) is 0 Å². The largest absolute Gasteiger partial charge is 0.310 e. The monoisotopic (exact) mass is 279 g/mol. The first-order valence-corrected chi connectivity index (χ1v) is 8.53. The van der Waals surface area contributed by atoms with Crippen molar-refractivity contribution in [1.29, 1.82) is 0 Å². The first kappa shape index (κ1) is 17.2. The van der Waals surface area contributed by atoms with E-state index in [9.17, 15) is 0 Å². The van der Waals surface area contributed by atoms with Gasteiger partial charge in [0.1, 0.15) is 0 Å². The van der Waals surface area contributed by atoms with E-state index in [0.717, 1.165) is 13.1 Å². The smallest absolute Gasteiger partial charge is 0.0537 e. The lowest BCUT2D eigenvalue weighted by Gasteiger charge is -2.10. The first-order valence-electron chi connectivity index (χ1n) is 8.53. The fourth-order valence-electron chi connectivity index (χ4n) is 2.44. The summed E-state index contributed by atoms with van der Waals surface area (Å²) in [5, 5.41) is 7.97. The molecule has 0 amide bonds. The molecule has 1 rings (SSSR count). The molecule has 0 aromatic carbocycles. The van der Waals surface area contributed by atoms with Crippen molar-refractivity contribution in [1.82, 2.24) is 15.1 Å². The maximum absolute atomic E-state index is 4.47. The summed E-state index contributed by atoms with van der Waals surface area (Å²) >= 11 is 0. The summed E-state index contributed by atoms with van der Waals surface area (Å²) in [5.74, 6) is 0. The van der Waals surface area contributed by atoms with Crippen LogP contribution in [0.4, 0.5) is 0 Å². The van der Waals surface area contributed by atoms with Gasteiger partial charge in [0.15, 0.2) is 0 Å². The van der Waals surface area contributed by atoms with Crippen LogP contribution in [0.25, 0.3) is 0 Å². The standard InChI is InChI=1S/C17H33N3/c1-4-6-7-8-9-10-11-13-20-15-17(14-19-20)16(3)18-12-5-2/h14-16,18H,4-13H2,1-3H3. The van der Waals surface area contributed by atoms with Gasteiger partial charge < -0.3 is 5.32 Å². The molecule has 3 nitrogen and oxygen atoms in total. The quantitative estimate of drug-likeness (QED) is 0.562. The molecule has 1 N–H and O–H groups in total. The van der Waals surface area contributed by atoms with Gasteiger partial charge in [0.25, 0.3) is 0 Å². The molecule has 0 aliphatic carbocycles. The highest BCUT2D eigenvalue weighted by Gasteiger charge is 2.06. The van der Waals surface area contributed by atoms with Crippen LogP contribution >= 0.6 is 0 Å². The maximum Gasteiger partial charge on any atom is 0.0537 e. The lowest BCUT2D eigenvalue weighted by Crippen LogP contribution is -2.18. The average molecular weight is 279 g/mol. The highest BCUT2D eigenvalue weighted by atomic mass is 15.3. The maximum atomic E-state index is 4.47. The molecule has 0 saturated carbocycles. The zero-order chi connectivity index (χ0) is 14.6. The van der Waals surface area contributed by atoms with E-state index in [1.807, 2.05) is 6.20 Å². The molecule has 0 saturated heterocycles. The molecule has 116 valence electrons. The predicted molar refractivity (Wildman–Crippen MR) is 86.9 cm³/mol. The van der Waals surface area contributed by atoms with Crippen molar-refractivity contribution in [3.05, 3.63) is 18.0 Å². The highest BCUT2D eigenvalue weighted by molar-refractivity contribution is 5.09. The van der Waals surface area contributed by atoms with Crippen LogP contribution in [0.5, 0.6) is 0 Å². The van der Waals surface area contributed by atoms with Gasteiger partial charge in [-0.25, -0.2) is 0 Å². The van der Waals surface area contributed by atoms with E-state index in [-0.39, 0.29) is 0 Å². The molecular formula is C17H33N3. The molecule has 3 heteroatoms. The molecule has 20 heavy (non-hydrogen) atoms. The van der Waals surface area contributed by atoms with Crippen molar-refractivity contribution in [2.75, 3.05) is 6.54 Å². The van der Waals surface area contributed by atoms with E-state index in [1.165, 1.54) is 56.9 Å². The van der Waals surface area contributed by atoms with E-state index in [2.05, 4.69) is 42.1 Å². The van der Waals surface area contributed by atoms with Gasteiger partial charge in [-0.05, 0) is 26.3 Å². The van der Waals surface area contributed by atoms with Crippen molar-refractivity contribution < 1.29 is 0 Å². The summed E-state index contributed by atoms with van der Waals surface area (Å²) in [6.45, 7) is 8.82. The summed E-state index contributed by atoms with van der Waals surface area (Å²) in [4.78, 5) is 0. The van der Waals surface area contributed by atoms with Crippen LogP contribution in [0.1, 0.15) is 83.7 Å². The molecule has 0 bridgehead atoms. The van der Waals surface area contributed by atoms with Crippen molar-refractivity contribution >= 4 is 0 Å². The molecule has 0 fully saturated rings. The van der Waals surface area contributed by atoms with E-state index in [1.54, 1.807) is 0 Å². The Hall–Kier alpha value is -0.830. The molecule has 0 aliphatic heterocycles. The predicted octanol–water partition coefficient (Wildman–Crippen LogP) is 4.69. The number of unbranched alkanes of at least 4 members (excludes halogenated alkanes) is 6. The van der Waals surface area contributed by atoms with E-state index >= 15 is 0 Å². The number of rotatable bonds is 12. The number of aromatic nitrogens is 2. The van der Waals surface area contributed by atoms with Crippen LogP contribution in [0.2, 0.25) is 0 Å². The van der Waals surface area contributed by atoms with Crippen LogP contribution in [0.3, 0.4) is 0 Å². The molecular weight excluding hydrogens is 246 g/mol. The second-order valence-electron chi connectivity index (χ2n) is 5.83. The van der Waals surface area contributed by atoms with Gasteiger partial charge >= 0.3 is 0 Å². The number of aryl methyl sites for hydroxylation is 1. The van der Waals surface area contributed by atoms with E-state index in [0.29, 0.717) is 6.04 Å². The minimum Gasteiger partial charge on any atom is -0.310 e. The van der Waals surface area contributed by atoms with E-state index in [4.69, 9.17) is 0 Å². The zero-order valence-corrected chi connectivity index (χ0v) is 13.7. The summed E-state index contributed by atoms with van der Waals surface area (Å²) in [7, 11) is 0. The van der Waals surface area contributed by atoms with Gasteiger partial charge in [-0.3, -0.25) is 4.68 Å². The van der Waals surface area contributed by atoms with Gasteiger partial charge in [0.2, 0.25) is 0 Å². The molecule has 1 heterocycles. The third kappa shape index (κ3) is 7.09. The van der Waals surface area contributed by atoms with Crippen LogP contribution in [0, 0.1) is 0 Å². The Morgan fingerprint density at radius 1 is 1.05 bits per heavy atom. The normalized spacial score (nSPS) is 12.8. The second-order valence-corrected chi connectivity index (χ2v) is 5.83. The van der Waals surface area contributed by atoms with Crippen molar-refractivity contribution in [2.24, 2.45) is 0 Å². The third-order valence-corrected chi connectivity index (χ3v) is 3.84. The van der Waals surface area contributed by atoms with Gasteiger partial charge in [-0.15, -0.1) is 0 Å². The third-order valence-electron chi connectivity index (χ3n) is 3.84. The Kier molecular flexibility index (Phi) is 9.38. The molecule has 0 aliphatic rings. The lowest BCUT2D eigenvalue weighted by molar-refractivity contribution is 0.521. The van der Waals surface area contributed by atoms with Gasteiger partial charge in [-0.2, -0.15) is 5.10 Å². The summed E-state index contributed by atoms with van der Waals surface area (Å²) in [5.41, 5.74) is 1.31. The lowest BCUT2D eigenvalue weighted by atomic mass is 10.1. The Balaban J connectivity index is 2.13. The average Bonchev–Trinajstić information content (AvgIpc) is 2.92. The van der Waals surface area contributed by atoms with Crippen LogP contribution in [-0.2, 0) is 6.54 Å². The first-order chi connectivity index (χ1) is 9.77. The van der Waals surface area contributed by atoms with Crippen molar-refractivity contribution in [2.45, 2.75) is 84.7 Å². The van der Waals surface area contributed by atoms with Crippen LogP contribution in [0.15, 0.2) is 12.4 Å². The molecule has 1 aromatic heterocycles. The minimum absolute atomic E-state index is 0.415. The molecule has 0 spiro atoms. The number of nitrogens with zero attached hydrogens (tertiary/aromatic N) is 2. The SMILES string of the molecule is CCCCCCCCCn1cc(C(C)NCCC)cn1. The number of nitrogens with one attached hydrogen (secondary N) is 1. The molecule has 1 atom stereocenters. The summed E-state index contributed by atoms with van der Waals surface area (Å²) in [6, 6.07) is 0.415. The highest BCUT2D eigenvalue weighted by Crippen LogP contribution is 2.12. The Bertz CT molecular complexity index is 333. The zero-order valence-electron chi connectivity index (χ0n) is 13.7. The summed E-state index contributed by atoms with van der Waals surface area (Å²) in [6.07, 6.45) is 14.9. The van der Waals surface area contributed by atoms with Gasteiger partial charge in [-0.1, -0.05) is 52.4 Å². The van der Waals surface area contributed by atoms with Crippen LogP contribution in [-0.4, -0.2) is 16.3 Å². The van der Waals surface area contributed by atoms with Crippen LogP contribution < -0.4 is 5.32 Å². The van der Waals surface area contributed by atoms with Gasteiger partial charge in [0.05, 0.1) is 6.20 Å². The molecule has 1 unspecified atom stereocenters. The molecule has 0 radical (unpaired) electrons. The number of hydrogen-bond acceptors (Lipinski definition) is 2.